The van der Waals surface area contributed by atoms with E-state index < -0.39 is 12.2 Å². The van der Waals surface area contributed by atoms with E-state index in [4.69, 9.17) is 16.3 Å². The third-order valence-corrected chi connectivity index (χ3v) is 6.71. The smallest absolute Gasteiger partial charge is 0.414 e. The highest BCUT2D eigenvalue weighted by atomic mass is 35.5. The van der Waals surface area contributed by atoms with Crippen molar-refractivity contribution in [3.63, 3.8) is 0 Å². The minimum Gasteiger partial charge on any atom is -0.442 e. The summed E-state index contributed by atoms with van der Waals surface area (Å²) in [6.07, 6.45) is -0.0345. The molecular formula is C22H25ClN4O4S. The summed E-state index contributed by atoms with van der Waals surface area (Å²) in [4.78, 5) is 40.9. The highest BCUT2D eigenvalue weighted by molar-refractivity contribution is 7.18. The number of hydrogen-bond donors (Lipinski definition) is 2. The van der Waals surface area contributed by atoms with Gasteiger partial charge in [0.1, 0.15) is 6.10 Å². The van der Waals surface area contributed by atoms with Crippen LogP contribution in [0.15, 0.2) is 30.3 Å². The van der Waals surface area contributed by atoms with Crippen LogP contribution in [0.5, 0.6) is 0 Å². The lowest BCUT2D eigenvalue weighted by atomic mass is 9.99. The number of halogens is 1. The molecular weight excluding hydrogens is 452 g/mol. The third kappa shape index (κ3) is 4.68. The summed E-state index contributed by atoms with van der Waals surface area (Å²) in [5, 5.41) is 5.67. The topological polar surface area (TPSA) is 91.0 Å². The minimum atomic E-state index is -0.461. The van der Waals surface area contributed by atoms with Crippen LogP contribution in [-0.4, -0.2) is 50.3 Å². The van der Waals surface area contributed by atoms with E-state index in [9.17, 15) is 14.4 Å². The number of nitrogens with zero attached hydrogens (tertiary/aromatic N) is 2. The zero-order chi connectivity index (χ0) is 22.8. The molecule has 0 aliphatic carbocycles. The minimum absolute atomic E-state index is 0.102. The monoisotopic (exact) mass is 476 g/mol. The molecule has 4 amide bonds. The molecule has 0 spiro atoms. The van der Waals surface area contributed by atoms with Gasteiger partial charge in [-0.3, -0.25) is 14.6 Å². The predicted molar refractivity (Wildman–Crippen MR) is 125 cm³/mol. The summed E-state index contributed by atoms with van der Waals surface area (Å²) >= 11 is 7.08. The van der Waals surface area contributed by atoms with Crippen molar-refractivity contribution in [1.82, 2.24) is 10.6 Å². The van der Waals surface area contributed by atoms with Crippen molar-refractivity contribution in [2.24, 2.45) is 0 Å². The maximum Gasteiger partial charge on any atom is 0.414 e. The molecule has 8 nitrogen and oxygen atoms in total. The molecule has 170 valence electrons. The standard InChI is InChI=1S/C22H25ClN4O4S/c1-13(2)16-10-14(4-5-17(16)26-9-3-8-24-21(26)29)27-12-15(31-22(27)30)11-25-20(28)18-6-7-19(23)32-18/h4-7,10,13,15H,3,8-9,11-12H2,1-2H3,(H,24,29)(H,25,28)/t15-/m0/s1. The van der Waals surface area contributed by atoms with Gasteiger partial charge >= 0.3 is 12.1 Å². The lowest BCUT2D eigenvalue weighted by Crippen LogP contribution is -2.47. The number of anilines is 2. The number of urea groups is 1. The van der Waals surface area contributed by atoms with Gasteiger partial charge in [0.25, 0.3) is 5.91 Å². The Labute approximate surface area is 195 Å². The molecule has 3 heterocycles. The van der Waals surface area contributed by atoms with Crippen molar-refractivity contribution >= 4 is 52.3 Å². The number of ether oxygens (including phenoxy) is 1. The Morgan fingerprint density at radius 2 is 2.09 bits per heavy atom. The van der Waals surface area contributed by atoms with Gasteiger partial charge in [0.05, 0.1) is 22.3 Å². The molecule has 2 saturated heterocycles. The Kier molecular flexibility index (Phi) is 6.57. The molecule has 0 saturated carbocycles. The first kappa shape index (κ1) is 22.4. The van der Waals surface area contributed by atoms with Gasteiger partial charge in [0.2, 0.25) is 0 Å². The zero-order valence-electron chi connectivity index (χ0n) is 17.9. The lowest BCUT2D eigenvalue weighted by Gasteiger charge is -2.30. The number of hydrogen-bond acceptors (Lipinski definition) is 5. The summed E-state index contributed by atoms with van der Waals surface area (Å²) in [6.45, 7) is 5.99. The molecule has 32 heavy (non-hydrogen) atoms. The number of carbonyl (C=O) groups excluding carboxylic acids is 3. The molecule has 2 fully saturated rings. The average Bonchev–Trinajstić information content (AvgIpc) is 3.37. The van der Waals surface area contributed by atoms with Gasteiger partial charge in [0.15, 0.2) is 0 Å². The van der Waals surface area contributed by atoms with Crippen LogP contribution < -0.4 is 20.4 Å². The van der Waals surface area contributed by atoms with Crippen molar-refractivity contribution in [3.8, 4) is 0 Å². The highest BCUT2D eigenvalue weighted by Gasteiger charge is 2.33. The molecule has 10 heteroatoms. The normalized spacial score (nSPS) is 18.7. The number of cyclic esters (lactones) is 1. The Morgan fingerprint density at radius 3 is 2.78 bits per heavy atom. The van der Waals surface area contributed by atoms with Gasteiger partial charge < -0.3 is 15.4 Å². The van der Waals surface area contributed by atoms with Crippen molar-refractivity contribution < 1.29 is 19.1 Å². The van der Waals surface area contributed by atoms with Gasteiger partial charge in [-0.2, -0.15) is 0 Å². The number of thiophene rings is 1. The Bertz CT molecular complexity index is 1040. The van der Waals surface area contributed by atoms with Crippen LogP contribution in [-0.2, 0) is 4.74 Å². The van der Waals surface area contributed by atoms with Gasteiger partial charge in [-0.25, -0.2) is 9.59 Å². The molecule has 2 aliphatic rings. The molecule has 2 aliphatic heterocycles. The van der Waals surface area contributed by atoms with Crippen molar-refractivity contribution in [2.75, 3.05) is 36.0 Å². The highest BCUT2D eigenvalue weighted by Crippen LogP contribution is 2.34. The van der Waals surface area contributed by atoms with Crippen molar-refractivity contribution in [1.29, 1.82) is 0 Å². The van der Waals surface area contributed by atoms with Gasteiger partial charge in [-0.15, -0.1) is 11.3 Å². The third-order valence-electron chi connectivity index (χ3n) is 5.48. The predicted octanol–water partition coefficient (Wildman–Crippen LogP) is 4.20. The van der Waals surface area contributed by atoms with E-state index in [0.29, 0.717) is 34.5 Å². The second kappa shape index (κ2) is 9.38. The number of amides is 4. The van der Waals surface area contributed by atoms with Gasteiger partial charge in [-0.1, -0.05) is 25.4 Å². The molecule has 1 aromatic heterocycles. The fourth-order valence-corrected chi connectivity index (χ4v) is 4.81. The van der Waals surface area contributed by atoms with E-state index >= 15 is 0 Å². The molecule has 0 unspecified atom stereocenters. The Morgan fingerprint density at radius 1 is 1.28 bits per heavy atom. The number of benzene rings is 1. The van der Waals surface area contributed by atoms with Crippen molar-refractivity contribution in [3.05, 3.63) is 45.1 Å². The van der Waals surface area contributed by atoms with Crippen LogP contribution in [0.1, 0.15) is 41.4 Å². The second-order valence-corrected chi connectivity index (χ2v) is 9.78. The molecule has 2 aromatic rings. The fourth-order valence-electron chi connectivity index (χ4n) is 3.85. The van der Waals surface area contributed by atoms with Crippen LogP contribution in [0.25, 0.3) is 0 Å². The molecule has 1 atom stereocenters. The number of nitrogens with one attached hydrogen (secondary N) is 2. The van der Waals surface area contributed by atoms with Gasteiger partial charge in [0, 0.05) is 24.5 Å². The molecule has 0 radical (unpaired) electrons. The van der Waals surface area contributed by atoms with E-state index in [2.05, 4.69) is 24.5 Å². The SMILES string of the molecule is CC(C)c1cc(N2C[C@H](CNC(=O)c3ccc(Cl)s3)OC2=O)ccc1N1CCCNC1=O. The summed E-state index contributed by atoms with van der Waals surface area (Å²) < 4.78 is 6.00. The summed E-state index contributed by atoms with van der Waals surface area (Å²) in [6, 6.07) is 8.89. The quantitative estimate of drug-likeness (QED) is 0.653. The van der Waals surface area contributed by atoms with Crippen LogP contribution in [0, 0.1) is 0 Å². The van der Waals surface area contributed by atoms with Crippen LogP contribution in [0.4, 0.5) is 21.0 Å². The van der Waals surface area contributed by atoms with E-state index in [1.54, 1.807) is 21.9 Å². The molecule has 1 aromatic carbocycles. The largest absolute Gasteiger partial charge is 0.442 e. The maximum atomic E-state index is 12.5. The van der Waals surface area contributed by atoms with Gasteiger partial charge in [-0.05, 0) is 48.2 Å². The maximum absolute atomic E-state index is 12.5. The second-order valence-electron chi connectivity index (χ2n) is 8.07. The van der Waals surface area contributed by atoms with E-state index in [-0.39, 0.29) is 24.4 Å². The van der Waals surface area contributed by atoms with E-state index in [1.165, 1.54) is 11.3 Å². The van der Waals surface area contributed by atoms with Crippen LogP contribution >= 0.6 is 22.9 Å². The Balaban J connectivity index is 1.46. The molecule has 2 N–H and O–H groups in total. The van der Waals surface area contributed by atoms with E-state index in [0.717, 1.165) is 17.7 Å². The number of carbonyl (C=O) groups is 3. The van der Waals surface area contributed by atoms with Crippen LogP contribution in [0.3, 0.4) is 0 Å². The van der Waals surface area contributed by atoms with Crippen molar-refractivity contribution in [2.45, 2.75) is 32.3 Å². The molecule has 4 rings (SSSR count). The average molecular weight is 477 g/mol. The first-order chi connectivity index (χ1) is 15.3. The summed E-state index contributed by atoms with van der Waals surface area (Å²) in [5.74, 6) is -0.0892. The fraction of sp³-hybridized carbons (Fsp3) is 0.409. The lowest BCUT2D eigenvalue weighted by molar-refractivity contribution is 0.0920. The zero-order valence-corrected chi connectivity index (χ0v) is 19.5. The summed E-state index contributed by atoms with van der Waals surface area (Å²) in [5.41, 5.74) is 2.55. The first-order valence-corrected chi connectivity index (χ1v) is 11.7. The first-order valence-electron chi connectivity index (χ1n) is 10.5. The summed E-state index contributed by atoms with van der Waals surface area (Å²) in [7, 11) is 0. The molecule has 0 bridgehead atoms. The van der Waals surface area contributed by atoms with E-state index in [1.807, 2.05) is 18.2 Å². The Hall–Kier alpha value is -2.78. The van der Waals surface area contributed by atoms with Crippen LogP contribution in [0.2, 0.25) is 4.34 Å². The number of rotatable bonds is 6.